The van der Waals surface area contributed by atoms with Crippen molar-refractivity contribution >= 4 is 33.3 Å². The van der Waals surface area contributed by atoms with Crippen molar-refractivity contribution in [3.8, 4) is 0 Å². The molecule has 3 heterocycles. The van der Waals surface area contributed by atoms with Crippen molar-refractivity contribution < 1.29 is 4.79 Å². The number of likely N-dealkylation sites (N-methyl/N-ethyl adjacent to an activating group) is 2. The molecule has 0 saturated carbocycles. The average molecular weight is 388 g/mol. The molecule has 1 aliphatic heterocycles. The monoisotopic (exact) mass is 387 g/mol. The number of amides is 1. The van der Waals surface area contributed by atoms with Crippen LogP contribution in [0.5, 0.6) is 0 Å². The fourth-order valence-electron chi connectivity index (χ4n) is 4.16. The average Bonchev–Trinajstić information content (AvgIpc) is 3.23. The molecule has 6 nitrogen and oxygen atoms in total. The van der Waals surface area contributed by atoms with Crippen molar-refractivity contribution in [3.05, 3.63) is 16.3 Å². The Labute approximate surface area is 165 Å². The first-order valence-corrected chi connectivity index (χ1v) is 10.8. The Balaban J connectivity index is 1.68. The van der Waals surface area contributed by atoms with Crippen LogP contribution in [0.4, 0.5) is 5.82 Å². The first-order chi connectivity index (χ1) is 13.0. The molecule has 0 bridgehead atoms. The Kier molecular flexibility index (Phi) is 5.32. The zero-order valence-corrected chi connectivity index (χ0v) is 17.4. The van der Waals surface area contributed by atoms with Crippen LogP contribution < -0.4 is 10.2 Å². The van der Waals surface area contributed by atoms with E-state index in [-0.39, 0.29) is 5.91 Å². The van der Waals surface area contributed by atoms with Crippen molar-refractivity contribution in [1.29, 1.82) is 0 Å². The second-order valence-corrected chi connectivity index (χ2v) is 9.07. The topological polar surface area (TPSA) is 61.4 Å². The maximum atomic E-state index is 11.9. The molecule has 0 spiro atoms. The third-order valence-corrected chi connectivity index (χ3v) is 7.04. The number of aromatic nitrogens is 2. The number of rotatable bonds is 5. The van der Waals surface area contributed by atoms with Gasteiger partial charge in [0.25, 0.3) is 0 Å². The number of likely N-dealkylation sites (tertiary alicyclic amines) is 1. The summed E-state index contributed by atoms with van der Waals surface area (Å²) in [5.41, 5.74) is 1.41. The van der Waals surface area contributed by atoms with E-state index in [9.17, 15) is 4.79 Å². The Morgan fingerprint density at radius 1 is 1.30 bits per heavy atom. The molecule has 2 aromatic rings. The van der Waals surface area contributed by atoms with Gasteiger partial charge in [-0.05, 0) is 56.7 Å². The highest BCUT2D eigenvalue weighted by atomic mass is 32.1. The molecule has 1 amide bonds. The van der Waals surface area contributed by atoms with Crippen LogP contribution in [0, 0.1) is 5.92 Å². The third kappa shape index (κ3) is 3.80. The number of aryl methyl sites for hydroxylation is 2. The van der Waals surface area contributed by atoms with Crippen LogP contribution in [0.25, 0.3) is 10.2 Å². The molecule has 27 heavy (non-hydrogen) atoms. The lowest BCUT2D eigenvalue weighted by molar-refractivity contribution is -0.119. The summed E-state index contributed by atoms with van der Waals surface area (Å²) in [6, 6.07) is 0. The van der Waals surface area contributed by atoms with E-state index in [1.54, 1.807) is 7.05 Å². The van der Waals surface area contributed by atoms with E-state index in [1.807, 2.05) is 23.3 Å². The number of nitrogens with zero attached hydrogens (tertiary/aromatic N) is 4. The highest BCUT2D eigenvalue weighted by Gasteiger charge is 2.25. The van der Waals surface area contributed by atoms with Gasteiger partial charge >= 0.3 is 0 Å². The molecule has 1 aliphatic carbocycles. The number of hydrogen-bond donors (Lipinski definition) is 1. The van der Waals surface area contributed by atoms with Gasteiger partial charge in [-0.15, -0.1) is 11.3 Å². The summed E-state index contributed by atoms with van der Waals surface area (Å²) >= 11 is 1.82. The number of nitrogens with one attached hydrogen (secondary N) is 1. The zero-order chi connectivity index (χ0) is 19.0. The van der Waals surface area contributed by atoms with Gasteiger partial charge in [0.1, 0.15) is 16.5 Å². The minimum Gasteiger partial charge on any atom is -0.358 e. The van der Waals surface area contributed by atoms with Gasteiger partial charge in [0.15, 0.2) is 0 Å². The minimum atomic E-state index is 0.00250. The van der Waals surface area contributed by atoms with E-state index >= 15 is 0 Å². The number of carbonyl (C=O) groups is 1. The van der Waals surface area contributed by atoms with E-state index in [2.05, 4.69) is 17.1 Å². The number of piperidine rings is 1. The molecule has 7 heteroatoms. The van der Waals surface area contributed by atoms with Crippen molar-refractivity contribution in [1.82, 2.24) is 20.2 Å². The number of carbonyl (C=O) groups excluding carboxylic acids is 1. The molecule has 4 rings (SSSR count). The Morgan fingerprint density at radius 2 is 2.07 bits per heavy atom. The first-order valence-electron chi connectivity index (χ1n) is 10.0. The largest absolute Gasteiger partial charge is 0.358 e. The molecule has 2 aromatic heterocycles. The van der Waals surface area contributed by atoms with Gasteiger partial charge in [0.05, 0.1) is 18.5 Å². The second-order valence-electron chi connectivity index (χ2n) is 7.99. The predicted octanol–water partition coefficient (Wildman–Crippen LogP) is 2.59. The van der Waals surface area contributed by atoms with Gasteiger partial charge in [-0.1, -0.05) is 6.92 Å². The maximum absolute atomic E-state index is 11.9. The van der Waals surface area contributed by atoms with Gasteiger partial charge < -0.3 is 10.2 Å². The fourth-order valence-corrected chi connectivity index (χ4v) is 5.43. The maximum Gasteiger partial charge on any atom is 0.239 e. The van der Waals surface area contributed by atoms with E-state index in [4.69, 9.17) is 9.97 Å². The van der Waals surface area contributed by atoms with Crippen molar-refractivity contribution in [2.24, 2.45) is 5.92 Å². The number of anilines is 1. The molecular formula is C20H29N5OS. The lowest BCUT2D eigenvalue weighted by atomic mass is 9.99. The van der Waals surface area contributed by atoms with Crippen LogP contribution >= 0.6 is 11.3 Å². The first kappa shape index (κ1) is 18.6. The SMILES string of the molecule is CNC(=O)CN(C)c1nc(CN2CCC(C)CC2)nc2sc3c(c12)CCC3. The third-order valence-electron chi connectivity index (χ3n) is 5.85. The van der Waals surface area contributed by atoms with Crippen LogP contribution in [0.1, 0.15) is 42.5 Å². The molecule has 0 unspecified atom stereocenters. The van der Waals surface area contributed by atoms with E-state index in [0.29, 0.717) is 6.54 Å². The highest BCUT2D eigenvalue weighted by Crippen LogP contribution is 2.40. The van der Waals surface area contributed by atoms with E-state index in [1.165, 1.54) is 35.1 Å². The van der Waals surface area contributed by atoms with Crippen LogP contribution in [-0.2, 0) is 24.2 Å². The lowest BCUT2D eigenvalue weighted by Crippen LogP contribution is -2.35. The van der Waals surface area contributed by atoms with Crippen molar-refractivity contribution in [3.63, 3.8) is 0 Å². The predicted molar refractivity (Wildman–Crippen MR) is 110 cm³/mol. The van der Waals surface area contributed by atoms with Gasteiger partial charge in [-0.2, -0.15) is 0 Å². The minimum absolute atomic E-state index is 0.00250. The number of thiophene rings is 1. The van der Waals surface area contributed by atoms with E-state index in [0.717, 1.165) is 54.9 Å². The summed E-state index contributed by atoms with van der Waals surface area (Å²) < 4.78 is 0. The fraction of sp³-hybridized carbons (Fsp3) is 0.650. The van der Waals surface area contributed by atoms with Crippen LogP contribution in [0.3, 0.4) is 0 Å². The lowest BCUT2D eigenvalue weighted by Gasteiger charge is -2.29. The quantitative estimate of drug-likeness (QED) is 0.854. The van der Waals surface area contributed by atoms with Crippen LogP contribution in [-0.4, -0.2) is 54.5 Å². The number of fused-ring (bicyclic) bond motifs is 3. The molecule has 1 fully saturated rings. The summed E-state index contributed by atoms with van der Waals surface area (Å²) in [5, 5.41) is 3.89. The molecule has 1 saturated heterocycles. The molecular weight excluding hydrogens is 358 g/mol. The Hall–Kier alpha value is -1.73. The Bertz CT molecular complexity index is 840. The molecule has 146 valence electrons. The van der Waals surface area contributed by atoms with Crippen molar-refractivity contribution in [2.75, 3.05) is 38.6 Å². The van der Waals surface area contributed by atoms with Gasteiger partial charge in [0, 0.05) is 19.0 Å². The molecule has 0 aromatic carbocycles. The molecule has 0 radical (unpaired) electrons. The summed E-state index contributed by atoms with van der Waals surface area (Å²) in [6.07, 6.45) is 5.96. The van der Waals surface area contributed by atoms with Crippen LogP contribution in [0.2, 0.25) is 0 Å². The zero-order valence-electron chi connectivity index (χ0n) is 16.5. The second kappa shape index (κ2) is 7.72. The highest BCUT2D eigenvalue weighted by molar-refractivity contribution is 7.19. The number of hydrogen-bond acceptors (Lipinski definition) is 6. The summed E-state index contributed by atoms with van der Waals surface area (Å²) in [6.45, 7) is 5.68. The molecule has 0 atom stereocenters. The van der Waals surface area contributed by atoms with Crippen molar-refractivity contribution in [2.45, 2.75) is 45.6 Å². The smallest absolute Gasteiger partial charge is 0.239 e. The van der Waals surface area contributed by atoms with Gasteiger partial charge in [0.2, 0.25) is 5.91 Å². The summed E-state index contributed by atoms with van der Waals surface area (Å²) in [5.74, 6) is 2.63. The van der Waals surface area contributed by atoms with Crippen LogP contribution in [0.15, 0.2) is 0 Å². The molecule has 2 aliphatic rings. The normalized spacial score (nSPS) is 18.0. The molecule has 1 N–H and O–H groups in total. The standard InChI is InChI=1S/C20H29N5OS/c1-13-7-9-25(10-8-13)11-16-22-19(24(3)12-17(26)21-2)18-14-5-4-6-15(14)27-20(18)23-16/h13H,4-12H2,1-3H3,(H,21,26). The summed E-state index contributed by atoms with van der Waals surface area (Å²) in [7, 11) is 3.64. The van der Waals surface area contributed by atoms with Gasteiger partial charge in [-0.3, -0.25) is 9.69 Å². The van der Waals surface area contributed by atoms with Gasteiger partial charge in [-0.25, -0.2) is 9.97 Å². The van der Waals surface area contributed by atoms with E-state index < -0.39 is 0 Å². The summed E-state index contributed by atoms with van der Waals surface area (Å²) in [4.78, 5) is 28.8. The Morgan fingerprint density at radius 3 is 2.81 bits per heavy atom.